The molecular formula is C22H26N10O5. The fraction of sp³-hybridized carbons (Fsp3) is 0.409. The number of nitrogens with one attached hydrogen (secondary N) is 1. The Labute approximate surface area is 210 Å². The number of aryl methyl sites for hydroxylation is 1. The molecule has 5 rings (SSSR count). The number of hydrogen-bond acceptors (Lipinski definition) is 13. The zero-order valence-corrected chi connectivity index (χ0v) is 20.1. The van der Waals surface area contributed by atoms with Gasteiger partial charge in [-0.3, -0.25) is 9.36 Å². The second kappa shape index (κ2) is 10.3. The second-order valence-electron chi connectivity index (χ2n) is 8.25. The van der Waals surface area contributed by atoms with E-state index in [9.17, 15) is 9.90 Å². The van der Waals surface area contributed by atoms with Crippen molar-refractivity contribution in [3.63, 3.8) is 0 Å². The maximum atomic E-state index is 11.2. The number of hydrogen-bond donors (Lipinski definition) is 3. The molecule has 4 N–H and O–H groups in total. The van der Waals surface area contributed by atoms with Gasteiger partial charge in [0, 0.05) is 6.54 Å². The van der Waals surface area contributed by atoms with Crippen LogP contribution in [0.2, 0.25) is 0 Å². The summed E-state index contributed by atoms with van der Waals surface area (Å²) < 4.78 is 18.0. The predicted octanol–water partition coefficient (Wildman–Crippen LogP) is 0.251. The third-order valence-corrected chi connectivity index (χ3v) is 6.01. The Hall–Kier alpha value is -4.37. The summed E-state index contributed by atoms with van der Waals surface area (Å²) in [5.74, 6) is 1.40. The number of carbonyl (C=O) groups is 1. The number of nitrogens with two attached hydrogens (primary N) is 1. The molecule has 1 saturated heterocycles. The van der Waals surface area contributed by atoms with E-state index >= 15 is 0 Å². The van der Waals surface area contributed by atoms with E-state index in [1.165, 1.54) is 15.7 Å². The molecule has 1 aliphatic heterocycles. The molecule has 15 heteroatoms. The van der Waals surface area contributed by atoms with Crippen molar-refractivity contribution in [2.75, 3.05) is 24.7 Å². The summed E-state index contributed by atoms with van der Waals surface area (Å²) >= 11 is 0. The van der Waals surface area contributed by atoms with Gasteiger partial charge in [-0.25, -0.2) is 4.98 Å². The number of anilines is 2. The van der Waals surface area contributed by atoms with Crippen LogP contribution >= 0.6 is 0 Å². The maximum Gasteiger partial charge on any atom is 0.293 e. The molecule has 0 bridgehead atoms. The molecule has 4 heterocycles. The smallest absolute Gasteiger partial charge is 0.293 e. The SMILES string of the molecule is CCn1nnc([C@H]2O[C@@H](n3cnc4c(N)nc(NCCc5ccc(OC)cc5)nc43)[C@H](OC=O)[C@@H]2O)n1. The van der Waals surface area contributed by atoms with Crippen molar-refractivity contribution in [1.82, 2.24) is 39.7 Å². The van der Waals surface area contributed by atoms with Crippen molar-refractivity contribution >= 4 is 29.4 Å². The monoisotopic (exact) mass is 510 g/mol. The Kier molecular flexibility index (Phi) is 6.78. The number of fused-ring (bicyclic) bond motifs is 1. The van der Waals surface area contributed by atoms with Crippen LogP contribution in [0.25, 0.3) is 11.2 Å². The number of imidazole rings is 1. The first-order valence-corrected chi connectivity index (χ1v) is 11.6. The number of methoxy groups -OCH3 is 1. The molecule has 3 aromatic heterocycles. The number of nitrogens with zero attached hydrogens (tertiary/aromatic N) is 8. The molecule has 0 unspecified atom stereocenters. The van der Waals surface area contributed by atoms with Gasteiger partial charge in [0.1, 0.15) is 17.4 Å². The molecule has 1 aliphatic rings. The highest BCUT2D eigenvalue weighted by molar-refractivity contribution is 5.83. The first-order chi connectivity index (χ1) is 18.0. The zero-order valence-electron chi connectivity index (χ0n) is 20.1. The molecule has 0 spiro atoms. The van der Waals surface area contributed by atoms with Crippen molar-refractivity contribution in [3.8, 4) is 5.75 Å². The highest BCUT2D eigenvalue weighted by Crippen LogP contribution is 2.40. The predicted molar refractivity (Wildman–Crippen MR) is 128 cm³/mol. The number of aliphatic hydroxyl groups is 1. The fourth-order valence-corrected chi connectivity index (χ4v) is 4.12. The van der Waals surface area contributed by atoms with E-state index in [2.05, 4.69) is 35.7 Å². The highest BCUT2D eigenvalue weighted by atomic mass is 16.6. The molecule has 194 valence electrons. The number of ether oxygens (including phenoxy) is 3. The van der Waals surface area contributed by atoms with Crippen LogP contribution in [-0.4, -0.2) is 77.2 Å². The molecule has 0 aliphatic carbocycles. The van der Waals surface area contributed by atoms with Gasteiger partial charge < -0.3 is 30.4 Å². The summed E-state index contributed by atoms with van der Waals surface area (Å²) in [5, 5.41) is 26.1. The molecular weight excluding hydrogens is 484 g/mol. The second-order valence-corrected chi connectivity index (χ2v) is 8.25. The minimum atomic E-state index is -1.26. The number of aliphatic hydroxyl groups excluding tert-OH is 1. The van der Waals surface area contributed by atoms with E-state index in [-0.39, 0.29) is 24.1 Å². The van der Waals surface area contributed by atoms with E-state index in [4.69, 9.17) is 19.9 Å². The highest BCUT2D eigenvalue weighted by Gasteiger charge is 2.49. The first-order valence-electron chi connectivity index (χ1n) is 11.6. The third-order valence-electron chi connectivity index (χ3n) is 6.01. The normalized spacial score (nSPS) is 21.3. The van der Waals surface area contributed by atoms with E-state index in [0.717, 1.165) is 11.3 Å². The van der Waals surface area contributed by atoms with Gasteiger partial charge in [0.2, 0.25) is 11.8 Å². The van der Waals surface area contributed by atoms with Gasteiger partial charge in [-0.1, -0.05) is 12.1 Å². The Morgan fingerprint density at radius 3 is 2.78 bits per heavy atom. The lowest BCUT2D eigenvalue weighted by molar-refractivity contribution is -0.142. The van der Waals surface area contributed by atoms with Gasteiger partial charge in [-0.15, -0.1) is 10.2 Å². The number of tetrazole rings is 1. The van der Waals surface area contributed by atoms with Crippen molar-refractivity contribution in [1.29, 1.82) is 0 Å². The number of nitrogen functional groups attached to an aromatic ring is 1. The molecule has 1 fully saturated rings. The van der Waals surface area contributed by atoms with E-state index in [1.54, 1.807) is 7.11 Å². The van der Waals surface area contributed by atoms with Gasteiger partial charge in [-0.05, 0) is 36.3 Å². The summed E-state index contributed by atoms with van der Waals surface area (Å²) in [6.07, 6.45) is -2.17. The van der Waals surface area contributed by atoms with Crippen LogP contribution in [0, 0.1) is 0 Å². The van der Waals surface area contributed by atoms with Crippen LogP contribution < -0.4 is 15.8 Å². The average Bonchev–Trinajstić information content (AvgIpc) is 3.63. The largest absolute Gasteiger partial charge is 0.497 e. The van der Waals surface area contributed by atoms with Gasteiger partial charge in [0.15, 0.2) is 29.9 Å². The molecule has 1 aromatic carbocycles. The summed E-state index contributed by atoms with van der Waals surface area (Å²) in [4.78, 5) is 25.8. The van der Waals surface area contributed by atoms with Gasteiger partial charge in [-0.2, -0.15) is 14.8 Å². The minimum Gasteiger partial charge on any atom is -0.497 e. The fourth-order valence-electron chi connectivity index (χ4n) is 4.12. The van der Waals surface area contributed by atoms with Crippen molar-refractivity contribution in [2.24, 2.45) is 0 Å². The lowest BCUT2D eigenvalue weighted by Crippen LogP contribution is -2.32. The standard InChI is InChI=1S/C22H26N10O5/c1-3-32-29-19(28-30-32)16-15(34)17(36-11-33)21(37-16)31-10-25-14-18(23)26-22(27-20(14)31)24-9-8-12-4-6-13(35-2)7-5-12/h4-7,10-11,15-17,21,34H,3,8-9H2,1-2H3,(H3,23,24,26,27)/t15-,16+,17-,21-/m1/s1. The molecule has 0 radical (unpaired) electrons. The van der Waals surface area contributed by atoms with Gasteiger partial charge >= 0.3 is 0 Å². The zero-order chi connectivity index (χ0) is 25.9. The first kappa shape index (κ1) is 24.3. The summed E-state index contributed by atoms with van der Waals surface area (Å²) in [5.41, 5.74) is 7.93. The molecule has 37 heavy (non-hydrogen) atoms. The number of rotatable bonds is 10. The quantitative estimate of drug-likeness (QED) is 0.246. The van der Waals surface area contributed by atoms with Crippen molar-refractivity contribution in [3.05, 3.63) is 42.0 Å². The van der Waals surface area contributed by atoms with Gasteiger partial charge in [0.05, 0.1) is 20.0 Å². The Bertz CT molecular complexity index is 1370. The number of benzene rings is 1. The molecule has 4 aromatic rings. The Morgan fingerprint density at radius 1 is 1.27 bits per heavy atom. The van der Waals surface area contributed by atoms with Crippen LogP contribution in [0.4, 0.5) is 11.8 Å². The summed E-state index contributed by atoms with van der Waals surface area (Å²) in [6.45, 7) is 3.13. The average molecular weight is 511 g/mol. The minimum absolute atomic E-state index is 0.159. The van der Waals surface area contributed by atoms with E-state index < -0.39 is 24.5 Å². The third kappa shape index (κ3) is 4.73. The van der Waals surface area contributed by atoms with Gasteiger partial charge in [0.25, 0.3) is 6.47 Å². The van der Waals surface area contributed by atoms with Crippen LogP contribution in [-0.2, 0) is 27.2 Å². The maximum absolute atomic E-state index is 11.2. The molecule has 0 amide bonds. The molecule has 4 atom stereocenters. The summed E-state index contributed by atoms with van der Waals surface area (Å²) in [7, 11) is 1.62. The van der Waals surface area contributed by atoms with Crippen LogP contribution in [0.1, 0.15) is 30.6 Å². The topological polar surface area (TPSA) is 190 Å². The van der Waals surface area contributed by atoms with Crippen LogP contribution in [0.15, 0.2) is 30.6 Å². The van der Waals surface area contributed by atoms with Crippen molar-refractivity contribution < 1.29 is 24.1 Å². The number of aromatic nitrogens is 8. The van der Waals surface area contributed by atoms with Crippen LogP contribution in [0.5, 0.6) is 5.75 Å². The Balaban J connectivity index is 1.39. The van der Waals surface area contributed by atoms with E-state index in [1.807, 2.05) is 31.2 Å². The number of carbonyl (C=O) groups excluding carboxylic acids is 1. The molecule has 0 saturated carbocycles. The molecule has 15 nitrogen and oxygen atoms in total. The lowest BCUT2D eigenvalue weighted by Gasteiger charge is -2.19. The Morgan fingerprint density at radius 2 is 2.08 bits per heavy atom. The lowest BCUT2D eigenvalue weighted by atomic mass is 10.1. The van der Waals surface area contributed by atoms with Crippen molar-refractivity contribution in [2.45, 2.75) is 44.4 Å². The van der Waals surface area contributed by atoms with Crippen LogP contribution in [0.3, 0.4) is 0 Å². The van der Waals surface area contributed by atoms with E-state index in [0.29, 0.717) is 30.7 Å². The summed E-state index contributed by atoms with van der Waals surface area (Å²) in [6, 6.07) is 7.75.